The van der Waals surface area contributed by atoms with Gasteiger partial charge in [-0.25, -0.2) is 9.78 Å². The molecule has 0 spiro atoms. The van der Waals surface area contributed by atoms with Crippen LogP contribution in [0.25, 0.3) is 5.76 Å². The first-order valence-corrected chi connectivity index (χ1v) is 12.2. The van der Waals surface area contributed by atoms with Crippen LogP contribution in [0, 0.1) is 0 Å². The fraction of sp³-hybridized carbons (Fsp3) is 0.241. The summed E-state index contributed by atoms with van der Waals surface area (Å²) in [6, 6.07) is 21.8. The Balaban J connectivity index is 1.46. The van der Waals surface area contributed by atoms with Crippen molar-refractivity contribution in [2.45, 2.75) is 19.6 Å². The normalized spacial score (nSPS) is 14.3. The third-order valence-electron chi connectivity index (χ3n) is 6.21. The van der Waals surface area contributed by atoms with Gasteiger partial charge in [0.05, 0.1) is 6.54 Å². The summed E-state index contributed by atoms with van der Waals surface area (Å²) in [6.45, 7) is 7.65. The molecular formula is C29H29F3N4O2. The molecule has 0 radical (unpaired) electrons. The molecular weight excluding hydrogens is 493 g/mol. The molecule has 0 bridgehead atoms. The molecule has 0 saturated carbocycles. The highest BCUT2D eigenvalue weighted by molar-refractivity contribution is 5.92. The molecule has 0 unspecified atom stereocenters. The molecule has 198 valence electrons. The van der Waals surface area contributed by atoms with Gasteiger partial charge in [-0.1, -0.05) is 55.1 Å². The minimum Gasteiger partial charge on any atom is -0.453 e. The molecule has 1 saturated heterocycles. The zero-order valence-corrected chi connectivity index (χ0v) is 21.1. The van der Waals surface area contributed by atoms with E-state index in [9.17, 15) is 18.0 Å². The third-order valence-corrected chi connectivity index (χ3v) is 6.21. The van der Waals surface area contributed by atoms with Gasteiger partial charge in [0.25, 0.3) is 0 Å². The van der Waals surface area contributed by atoms with Crippen LogP contribution in [0.2, 0.25) is 0 Å². The van der Waals surface area contributed by atoms with Crippen molar-refractivity contribution in [3.8, 4) is 0 Å². The van der Waals surface area contributed by atoms with Crippen LogP contribution in [0.3, 0.4) is 0 Å². The zero-order chi connectivity index (χ0) is 27.1. The molecule has 2 aromatic carbocycles. The summed E-state index contributed by atoms with van der Waals surface area (Å²) < 4.78 is 44.0. The van der Waals surface area contributed by atoms with Gasteiger partial charge in [0.1, 0.15) is 11.6 Å². The van der Waals surface area contributed by atoms with Gasteiger partial charge in [-0.2, -0.15) is 13.2 Å². The maximum atomic E-state index is 13.6. The van der Waals surface area contributed by atoms with Gasteiger partial charge in [-0.15, -0.1) is 0 Å². The fourth-order valence-corrected chi connectivity index (χ4v) is 4.17. The predicted molar refractivity (Wildman–Crippen MR) is 142 cm³/mol. The Kier molecular flexibility index (Phi) is 8.35. The first kappa shape index (κ1) is 26.8. The van der Waals surface area contributed by atoms with Crippen LogP contribution in [-0.2, 0) is 11.3 Å². The summed E-state index contributed by atoms with van der Waals surface area (Å²) in [5.74, 6) is -0.332. The van der Waals surface area contributed by atoms with E-state index in [1.165, 1.54) is 6.92 Å². The van der Waals surface area contributed by atoms with Crippen molar-refractivity contribution < 1.29 is 22.7 Å². The second kappa shape index (κ2) is 11.9. The number of hydrogen-bond acceptors (Lipinski definition) is 4. The molecule has 1 aliphatic rings. The fourth-order valence-electron chi connectivity index (χ4n) is 4.17. The van der Waals surface area contributed by atoms with Crippen LogP contribution in [0.5, 0.6) is 0 Å². The van der Waals surface area contributed by atoms with E-state index in [1.807, 2.05) is 53.4 Å². The Morgan fingerprint density at radius 2 is 1.66 bits per heavy atom. The average Bonchev–Trinajstić information content (AvgIpc) is 2.95. The van der Waals surface area contributed by atoms with Crippen LogP contribution in [0.4, 0.5) is 29.5 Å². The molecule has 1 fully saturated rings. The van der Waals surface area contributed by atoms with E-state index < -0.39 is 11.9 Å². The molecule has 3 aromatic rings. The minimum absolute atomic E-state index is 0.108. The Morgan fingerprint density at radius 3 is 2.24 bits per heavy atom. The predicted octanol–water partition coefficient (Wildman–Crippen LogP) is 6.48. The van der Waals surface area contributed by atoms with Gasteiger partial charge in [0.2, 0.25) is 5.76 Å². The average molecular weight is 523 g/mol. The lowest BCUT2D eigenvalue weighted by Gasteiger charge is -2.38. The van der Waals surface area contributed by atoms with E-state index in [4.69, 9.17) is 4.74 Å². The van der Waals surface area contributed by atoms with Gasteiger partial charge in [-0.05, 0) is 42.8 Å². The number of carbonyl (C=O) groups is 1. The number of nitrogens with zero attached hydrogens (tertiary/aromatic N) is 4. The Morgan fingerprint density at radius 1 is 1.00 bits per heavy atom. The number of ether oxygens (including phenoxy) is 1. The van der Waals surface area contributed by atoms with Gasteiger partial charge in [0.15, 0.2) is 0 Å². The Bertz CT molecular complexity index is 1250. The van der Waals surface area contributed by atoms with Crippen molar-refractivity contribution >= 4 is 23.3 Å². The quantitative estimate of drug-likeness (QED) is 0.333. The summed E-state index contributed by atoms with van der Waals surface area (Å²) in [7, 11) is 0. The molecule has 1 aromatic heterocycles. The summed E-state index contributed by atoms with van der Waals surface area (Å²) >= 11 is 0. The number of rotatable bonds is 7. The van der Waals surface area contributed by atoms with Crippen molar-refractivity contribution in [1.82, 2.24) is 9.88 Å². The number of pyridine rings is 1. The molecule has 0 atom stereocenters. The topological polar surface area (TPSA) is 48.9 Å². The number of hydrogen-bond donors (Lipinski definition) is 0. The van der Waals surface area contributed by atoms with Gasteiger partial charge in [-0.3, -0.25) is 4.90 Å². The lowest BCUT2D eigenvalue weighted by atomic mass is 10.1. The van der Waals surface area contributed by atoms with Crippen molar-refractivity contribution in [3.63, 3.8) is 0 Å². The second-order valence-corrected chi connectivity index (χ2v) is 8.74. The van der Waals surface area contributed by atoms with Crippen LogP contribution < -0.4 is 9.80 Å². The monoisotopic (exact) mass is 522 g/mol. The lowest BCUT2D eigenvalue weighted by Crippen LogP contribution is -2.53. The second-order valence-electron chi connectivity index (χ2n) is 8.74. The number of alkyl halides is 3. The molecule has 2 heterocycles. The molecule has 4 rings (SSSR count). The molecule has 2 amide bonds. The molecule has 6 nitrogen and oxygen atoms in total. The van der Waals surface area contributed by atoms with Crippen LogP contribution >= 0.6 is 0 Å². The molecule has 0 N–H and O–H groups in total. The summed E-state index contributed by atoms with van der Waals surface area (Å²) in [4.78, 5) is 23.7. The van der Waals surface area contributed by atoms with Crippen molar-refractivity contribution in [1.29, 1.82) is 0 Å². The van der Waals surface area contributed by atoms with E-state index in [2.05, 4.69) is 16.5 Å². The number of piperazine rings is 1. The van der Waals surface area contributed by atoms with Gasteiger partial charge >= 0.3 is 12.2 Å². The SMILES string of the molecule is C=C(O/C(=C\C)C(F)(F)F)c1ccc(CN(C(=O)N2CCN(c3ccccn3)CC2)c2ccccc2)cc1. The largest absolute Gasteiger partial charge is 0.453 e. The number of halogens is 3. The zero-order valence-electron chi connectivity index (χ0n) is 21.1. The lowest BCUT2D eigenvalue weighted by molar-refractivity contribution is -0.120. The number of anilines is 2. The molecule has 38 heavy (non-hydrogen) atoms. The van der Waals surface area contributed by atoms with E-state index in [0.717, 1.165) is 23.1 Å². The van der Waals surface area contributed by atoms with Crippen LogP contribution in [-0.4, -0.2) is 48.3 Å². The van der Waals surface area contributed by atoms with E-state index in [-0.39, 0.29) is 11.8 Å². The summed E-state index contributed by atoms with van der Waals surface area (Å²) in [6.07, 6.45) is -1.98. The highest BCUT2D eigenvalue weighted by Gasteiger charge is 2.36. The van der Waals surface area contributed by atoms with Crippen molar-refractivity contribution in [2.75, 3.05) is 36.0 Å². The summed E-state index contributed by atoms with van der Waals surface area (Å²) in [5, 5.41) is 0. The number of carbonyl (C=O) groups excluding carboxylic acids is 1. The van der Waals surface area contributed by atoms with Crippen LogP contribution in [0.1, 0.15) is 18.1 Å². The van der Waals surface area contributed by atoms with Gasteiger partial charge in [0, 0.05) is 43.6 Å². The maximum absolute atomic E-state index is 13.6. The number of benzene rings is 2. The number of allylic oxidation sites excluding steroid dienone is 2. The molecule has 0 aliphatic carbocycles. The van der Waals surface area contributed by atoms with Gasteiger partial charge < -0.3 is 14.5 Å². The number of para-hydroxylation sites is 1. The van der Waals surface area contributed by atoms with Crippen molar-refractivity contribution in [2.24, 2.45) is 0 Å². The smallest absolute Gasteiger partial charge is 0.449 e. The third kappa shape index (κ3) is 6.53. The first-order valence-electron chi connectivity index (χ1n) is 12.2. The Hall–Kier alpha value is -4.27. The van der Waals surface area contributed by atoms with E-state index >= 15 is 0 Å². The standard InChI is InChI=1S/C29H29F3N4O2/c1-3-26(29(30,31)32)38-22(2)24-14-12-23(13-15-24)21-36(25-9-5-4-6-10-25)28(37)35-19-17-34(18-20-35)27-11-7-8-16-33-27/h3-16H,2,17-21H2,1H3/b26-3-. The number of amides is 2. The number of urea groups is 1. The maximum Gasteiger partial charge on any atom is 0.449 e. The highest BCUT2D eigenvalue weighted by Crippen LogP contribution is 2.31. The Labute approximate surface area is 220 Å². The number of aromatic nitrogens is 1. The van der Waals surface area contributed by atoms with Crippen LogP contribution in [0.15, 0.2) is 97.4 Å². The van der Waals surface area contributed by atoms with E-state index in [1.54, 1.807) is 35.4 Å². The molecule has 1 aliphatic heterocycles. The highest BCUT2D eigenvalue weighted by atomic mass is 19.4. The molecule has 9 heteroatoms. The first-order chi connectivity index (χ1) is 18.3. The van der Waals surface area contributed by atoms with Crippen molar-refractivity contribution in [3.05, 3.63) is 109 Å². The van der Waals surface area contributed by atoms with E-state index in [0.29, 0.717) is 38.3 Å². The minimum atomic E-state index is -4.60. The summed E-state index contributed by atoms with van der Waals surface area (Å²) in [5.41, 5.74) is 1.98.